The minimum absolute atomic E-state index is 0.920. The van der Waals surface area contributed by atoms with Gasteiger partial charge < -0.3 is 9.80 Å². The molecule has 0 radical (unpaired) electrons. The van der Waals surface area contributed by atoms with E-state index in [1.807, 2.05) is 0 Å². The largest absolute Gasteiger partial charge is 0.300 e. The molecule has 0 aromatic heterocycles. The van der Waals surface area contributed by atoms with Crippen LogP contribution in [0.4, 0.5) is 0 Å². The van der Waals surface area contributed by atoms with Crippen molar-refractivity contribution in [3.8, 4) is 0 Å². The SMILES string of the molecule is C1=C[C@H]2C[C@H]1C[C@@H]2CN1CCN(C[C@H]2C[C@H]3C=C[C@H]2C3)CC1. The zero-order valence-electron chi connectivity index (χ0n) is 13.7. The minimum atomic E-state index is 0.920. The fourth-order valence-corrected chi connectivity index (χ4v) is 6.03. The Labute approximate surface area is 135 Å². The molecule has 0 aromatic carbocycles. The molecule has 1 aliphatic heterocycles. The molecule has 2 saturated carbocycles. The first-order chi connectivity index (χ1) is 10.8. The van der Waals surface area contributed by atoms with Gasteiger partial charge in [-0.1, -0.05) is 24.3 Å². The van der Waals surface area contributed by atoms with Gasteiger partial charge in [-0.15, -0.1) is 0 Å². The van der Waals surface area contributed by atoms with E-state index >= 15 is 0 Å². The maximum Gasteiger partial charge on any atom is 0.0110 e. The molecule has 0 N–H and O–H groups in total. The molecule has 2 nitrogen and oxygen atoms in total. The second-order valence-electron chi connectivity index (χ2n) is 8.68. The van der Waals surface area contributed by atoms with E-state index < -0.39 is 0 Å². The van der Waals surface area contributed by atoms with Crippen LogP contribution in [-0.2, 0) is 0 Å². The van der Waals surface area contributed by atoms with E-state index in [-0.39, 0.29) is 0 Å². The van der Waals surface area contributed by atoms with Gasteiger partial charge in [0.1, 0.15) is 0 Å². The van der Waals surface area contributed by atoms with Crippen molar-refractivity contribution in [2.24, 2.45) is 35.5 Å². The smallest absolute Gasteiger partial charge is 0.0110 e. The number of nitrogens with zero attached hydrogens (tertiary/aromatic N) is 2. The molecule has 4 bridgehead atoms. The van der Waals surface area contributed by atoms with Crippen LogP contribution in [0.1, 0.15) is 25.7 Å². The summed E-state index contributed by atoms with van der Waals surface area (Å²) < 4.78 is 0. The second-order valence-corrected chi connectivity index (χ2v) is 8.68. The van der Waals surface area contributed by atoms with E-state index in [4.69, 9.17) is 0 Å². The van der Waals surface area contributed by atoms with Crippen LogP contribution < -0.4 is 0 Å². The van der Waals surface area contributed by atoms with Gasteiger partial charge in [-0.05, 0) is 61.2 Å². The van der Waals surface area contributed by atoms with Crippen LogP contribution in [0.15, 0.2) is 24.3 Å². The lowest BCUT2D eigenvalue weighted by molar-refractivity contribution is 0.0976. The third-order valence-corrected chi connectivity index (χ3v) is 7.28. The summed E-state index contributed by atoms with van der Waals surface area (Å²) >= 11 is 0. The van der Waals surface area contributed by atoms with Gasteiger partial charge >= 0.3 is 0 Å². The lowest BCUT2D eigenvalue weighted by atomic mass is 9.92. The fourth-order valence-electron chi connectivity index (χ4n) is 6.03. The first-order valence-corrected chi connectivity index (χ1v) is 9.65. The Balaban J connectivity index is 1.09. The van der Waals surface area contributed by atoms with Crippen molar-refractivity contribution in [2.75, 3.05) is 39.3 Å². The molecule has 1 heterocycles. The molecule has 120 valence electrons. The van der Waals surface area contributed by atoms with Gasteiger partial charge in [0.25, 0.3) is 0 Å². The zero-order chi connectivity index (χ0) is 14.5. The van der Waals surface area contributed by atoms with E-state index in [1.54, 1.807) is 0 Å². The Kier molecular flexibility index (Phi) is 3.44. The van der Waals surface area contributed by atoms with Crippen LogP contribution in [0.3, 0.4) is 0 Å². The topological polar surface area (TPSA) is 6.48 Å². The molecule has 22 heavy (non-hydrogen) atoms. The van der Waals surface area contributed by atoms with Gasteiger partial charge in [0.15, 0.2) is 0 Å². The van der Waals surface area contributed by atoms with Crippen LogP contribution in [-0.4, -0.2) is 49.1 Å². The highest BCUT2D eigenvalue weighted by molar-refractivity contribution is 5.11. The Bertz CT molecular complexity index is 430. The number of piperazine rings is 1. The van der Waals surface area contributed by atoms with Crippen molar-refractivity contribution < 1.29 is 0 Å². The summed E-state index contributed by atoms with van der Waals surface area (Å²) in [7, 11) is 0. The standard InChI is InChI=1S/C20H30N2/c1-3-17-9-15(1)11-19(17)13-21-5-7-22(8-6-21)14-20-12-16-2-4-18(20)10-16/h1-4,15-20H,5-14H2/t15-,16-,17-,18-,19+,20+/m0/s1. The summed E-state index contributed by atoms with van der Waals surface area (Å²) in [5.41, 5.74) is 0. The van der Waals surface area contributed by atoms with Crippen molar-refractivity contribution in [1.82, 2.24) is 9.80 Å². The molecule has 3 fully saturated rings. The van der Waals surface area contributed by atoms with Gasteiger partial charge in [-0.3, -0.25) is 0 Å². The molecule has 0 aromatic rings. The Morgan fingerprint density at radius 1 is 0.591 bits per heavy atom. The number of fused-ring (bicyclic) bond motifs is 4. The van der Waals surface area contributed by atoms with Crippen molar-refractivity contribution in [3.63, 3.8) is 0 Å². The molecule has 1 saturated heterocycles. The Morgan fingerprint density at radius 2 is 1.05 bits per heavy atom. The lowest BCUT2D eigenvalue weighted by Crippen LogP contribution is -2.49. The van der Waals surface area contributed by atoms with Crippen LogP contribution >= 0.6 is 0 Å². The quantitative estimate of drug-likeness (QED) is 0.736. The maximum absolute atomic E-state index is 2.76. The average Bonchev–Trinajstić information content (AvgIpc) is 3.29. The number of rotatable bonds is 4. The van der Waals surface area contributed by atoms with Crippen LogP contribution in [0.25, 0.3) is 0 Å². The summed E-state index contributed by atoms with van der Waals surface area (Å²) in [5.74, 6) is 5.64. The minimum Gasteiger partial charge on any atom is -0.300 e. The van der Waals surface area contributed by atoms with Crippen LogP contribution in [0.5, 0.6) is 0 Å². The first kappa shape index (κ1) is 13.8. The molecular formula is C20H30N2. The molecule has 5 aliphatic rings. The summed E-state index contributed by atoms with van der Waals surface area (Å²) in [6.07, 6.45) is 15.8. The third-order valence-electron chi connectivity index (χ3n) is 7.28. The maximum atomic E-state index is 2.76. The van der Waals surface area contributed by atoms with Crippen molar-refractivity contribution in [3.05, 3.63) is 24.3 Å². The van der Waals surface area contributed by atoms with Gasteiger partial charge in [0.05, 0.1) is 0 Å². The highest BCUT2D eigenvalue weighted by atomic mass is 15.3. The van der Waals surface area contributed by atoms with Crippen molar-refractivity contribution >= 4 is 0 Å². The lowest BCUT2D eigenvalue weighted by Gasteiger charge is -2.38. The zero-order valence-corrected chi connectivity index (χ0v) is 13.7. The molecule has 0 amide bonds. The highest BCUT2D eigenvalue weighted by Crippen LogP contribution is 2.44. The Hall–Kier alpha value is -0.600. The van der Waals surface area contributed by atoms with Gasteiger partial charge in [-0.25, -0.2) is 0 Å². The van der Waals surface area contributed by atoms with Crippen LogP contribution in [0, 0.1) is 35.5 Å². The van der Waals surface area contributed by atoms with Crippen molar-refractivity contribution in [1.29, 1.82) is 0 Å². The number of hydrogen-bond acceptors (Lipinski definition) is 2. The molecule has 4 aliphatic carbocycles. The third kappa shape index (κ3) is 2.49. The molecule has 5 rings (SSSR count). The van der Waals surface area contributed by atoms with Gasteiger partial charge in [0.2, 0.25) is 0 Å². The fraction of sp³-hybridized carbons (Fsp3) is 0.800. The van der Waals surface area contributed by atoms with E-state index in [2.05, 4.69) is 34.1 Å². The summed E-state index contributed by atoms with van der Waals surface area (Å²) in [4.78, 5) is 5.52. The molecule has 0 unspecified atom stereocenters. The summed E-state index contributed by atoms with van der Waals surface area (Å²) in [6.45, 7) is 8.00. The van der Waals surface area contributed by atoms with E-state index in [0.29, 0.717) is 0 Å². The summed E-state index contributed by atoms with van der Waals surface area (Å²) in [5, 5.41) is 0. The van der Waals surface area contributed by atoms with Crippen LogP contribution in [0.2, 0.25) is 0 Å². The molecular weight excluding hydrogens is 268 g/mol. The van der Waals surface area contributed by atoms with Gasteiger partial charge in [0, 0.05) is 39.3 Å². The predicted molar refractivity (Wildman–Crippen MR) is 90.6 cm³/mol. The number of hydrogen-bond donors (Lipinski definition) is 0. The average molecular weight is 298 g/mol. The van der Waals surface area contributed by atoms with Crippen molar-refractivity contribution in [2.45, 2.75) is 25.7 Å². The van der Waals surface area contributed by atoms with E-state index in [0.717, 1.165) is 35.5 Å². The Morgan fingerprint density at radius 3 is 1.36 bits per heavy atom. The molecule has 2 heteroatoms. The van der Waals surface area contributed by atoms with Gasteiger partial charge in [-0.2, -0.15) is 0 Å². The summed E-state index contributed by atoms with van der Waals surface area (Å²) in [6, 6.07) is 0. The van der Waals surface area contributed by atoms with E-state index in [9.17, 15) is 0 Å². The second kappa shape index (κ2) is 5.49. The normalized spacial score (nSPS) is 47.1. The predicted octanol–water partition coefficient (Wildman–Crippen LogP) is 3.03. The van der Waals surface area contributed by atoms with E-state index in [1.165, 1.54) is 65.0 Å². The highest BCUT2D eigenvalue weighted by Gasteiger charge is 2.38. The number of allylic oxidation sites excluding steroid dienone is 4. The monoisotopic (exact) mass is 298 g/mol. The molecule has 6 atom stereocenters. The molecule has 0 spiro atoms. The first-order valence-electron chi connectivity index (χ1n) is 9.65.